The fourth-order valence-corrected chi connectivity index (χ4v) is 3.03. The van der Waals surface area contributed by atoms with Crippen LogP contribution in [0.4, 0.5) is 5.82 Å². The van der Waals surface area contributed by atoms with E-state index in [1.807, 2.05) is 29.2 Å². The number of amides is 1. The van der Waals surface area contributed by atoms with Crippen LogP contribution in [0.2, 0.25) is 5.02 Å². The average molecular weight is 360 g/mol. The molecular weight excluding hydrogens is 338 g/mol. The Balaban J connectivity index is 1.63. The number of hydrogen-bond donors (Lipinski definition) is 1. The van der Waals surface area contributed by atoms with Gasteiger partial charge in [-0.05, 0) is 18.2 Å². The summed E-state index contributed by atoms with van der Waals surface area (Å²) in [5.41, 5.74) is 1.40. The summed E-state index contributed by atoms with van der Waals surface area (Å²) < 4.78 is 0. The summed E-state index contributed by atoms with van der Waals surface area (Å²) in [4.78, 5) is 25.2. The number of likely N-dealkylation sites (N-methyl/N-ethyl adjacent to an activating group) is 1. The highest BCUT2D eigenvalue weighted by molar-refractivity contribution is 6.31. The molecule has 1 saturated heterocycles. The van der Waals surface area contributed by atoms with Crippen LogP contribution >= 0.6 is 11.6 Å². The van der Waals surface area contributed by atoms with E-state index in [0.29, 0.717) is 23.1 Å². The lowest BCUT2D eigenvalue weighted by molar-refractivity contribution is 0.0637. The zero-order valence-corrected chi connectivity index (χ0v) is 15.0. The summed E-state index contributed by atoms with van der Waals surface area (Å²) >= 11 is 6.16. The maximum Gasteiger partial charge on any atom is 0.272 e. The van der Waals surface area contributed by atoms with E-state index in [1.165, 1.54) is 6.33 Å². The summed E-state index contributed by atoms with van der Waals surface area (Å²) in [5.74, 6) is 0.574. The van der Waals surface area contributed by atoms with Crippen molar-refractivity contribution in [1.29, 1.82) is 0 Å². The Morgan fingerprint density at radius 1 is 1.20 bits per heavy atom. The molecule has 3 rings (SSSR count). The SMILES string of the molecule is CCN1CCN(C(=O)c2cc(NCc3ccccc3Cl)ncn2)CC1. The molecule has 1 amide bonds. The first-order valence-electron chi connectivity index (χ1n) is 8.48. The van der Waals surface area contributed by atoms with Gasteiger partial charge in [-0.25, -0.2) is 9.97 Å². The molecule has 0 bridgehead atoms. The van der Waals surface area contributed by atoms with Crippen molar-refractivity contribution in [3.05, 3.63) is 52.9 Å². The molecule has 0 spiro atoms. The van der Waals surface area contributed by atoms with Gasteiger partial charge in [0, 0.05) is 43.8 Å². The number of piperazine rings is 1. The van der Waals surface area contributed by atoms with Gasteiger partial charge in [-0.1, -0.05) is 36.7 Å². The summed E-state index contributed by atoms with van der Waals surface area (Å²) in [6, 6.07) is 9.34. The highest BCUT2D eigenvalue weighted by Crippen LogP contribution is 2.16. The van der Waals surface area contributed by atoms with Crippen LogP contribution < -0.4 is 5.32 Å². The largest absolute Gasteiger partial charge is 0.366 e. The van der Waals surface area contributed by atoms with Crippen LogP contribution in [0.3, 0.4) is 0 Å². The highest BCUT2D eigenvalue weighted by atomic mass is 35.5. The normalized spacial score (nSPS) is 15.2. The first-order chi connectivity index (χ1) is 12.2. The first kappa shape index (κ1) is 17.6. The molecule has 0 unspecified atom stereocenters. The lowest BCUT2D eigenvalue weighted by Gasteiger charge is -2.33. The lowest BCUT2D eigenvalue weighted by atomic mass is 10.2. The van der Waals surface area contributed by atoms with Crippen LogP contribution in [0.1, 0.15) is 23.0 Å². The standard InChI is InChI=1S/C18H22ClN5O/c1-2-23-7-9-24(10-8-23)18(25)16-11-17(22-13-21-16)20-12-14-5-3-4-6-15(14)19/h3-6,11,13H,2,7-10,12H2,1H3,(H,20,21,22). The second-order valence-corrected chi connectivity index (χ2v) is 6.37. The number of benzene rings is 1. The molecule has 1 aliphatic heterocycles. The van der Waals surface area contributed by atoms with Gasteiger partial charge < -0.3 is 15.1 Å². The number of carbonyl (C=O) groups excluding carboxylic acids is 1. The quantitative estimate of drug-likeness (QED) is 0.888. The minimum Gasteiger partial charge on any atom is -0.366 e. The van der Waals surface area contributed by atoms with Crippen molar-refractivity contribution >= 4 is 23.3 Å². The van der Waals surface area contributed by atoms with Crippen molar-refractivity contribution in [1.82, 2.24) is 19.8 Å². The molecule has 1 aliphatic rings. The molecule has 1 aromatic carbocycles. The van der Waals surface area contributed by atoms with Crippen LogP contribution in [0.15, 0.2) is 36.7 Å². The molecule has 0 saturated carbocycles. The van der Waals surface area contributed by atoms with E-state index in [0.717, 1.165) is 38.3 Å². The van der Waals surface area contributed by atoms with Gasteiger partial charge in [0.05, 0.1) is 0 Å². The third kappa shape index (κ3) is 4.46. The van der Waals surface area contributed by atoms with Crippen LogP contribution in [0, 0.1) is 0 Å². The van der Waals surface area contributed by atoms with E-state index in [1.54, 1.807) is 6.07 Å². The maximum absolute atomic E-state index is 12.6. The Labute approximate surface area is 152 Å². The predicted molar refractivity (Wildman–Crippen MR) is 98.8 cm³/mol. The van der Waals surface area contributed by atoms with Gasteiger partial charge in [-0.2, -0.15) is 0 Å². The third-order valence-electron chi connectivity index (χ3n) is 4.41. The molecular formula is C18H22ClN5O. The van der Waals surface area contributed by atoms with Gasteiger partial charge in [-0.15, -0.1) is 0 Å². The van der Waals surface area contributed by atoms with Crippen molar-refractivity contribution < 1.29 is 4.79 Å². The molecule has 0 aliphatic carbocycles. The zero-order chi connectivity index (χ0) is 17.6. The van der Waals surface area contributed by atoms with Gasteiger partial charge in [0.1, 0.15) is 17.8 Å². The van der Waals surface area contributed by atoms with E-state index in [2.05, 4.69) is 27.1 Å². The molecule has 2 aromatic rings. The summed E-state index contributed by atoms with van der Waals surface area (Å²) in [5, 5.41) is 3.90. The molecule has 2 heterocycles. The highest BCUT2D eigenvalue weighted by Gasteiger charge is 2.22. The summed E-state index contributed by atoms with van der Waals surface area (Å²) in [7, 11) is 0. The Bertz CT molecular complexity index is 731. The minimum absolute atomic E-state index is 0.0426. The number of nitrogens with zero attached hydrogens (tertiary/aromatic N) is 4. The van der Waals surface area contributed by atoms with Crippen molar-refractivity contribution in [3.8, 4) is 0 Å². The smallest absolute Gasteiger partial charge is 0.272 e. The third-order valence-corrected chi connectivity index (χ3v) is 4.78. The Kier molecular flexibility index (Phi) is 5.83. The molecule has 25 heavy (non-hydrogen) atoms. The topological polar surface area (TPSA) is 61.4 Å². The number of rotatable bonds is 5. The first-order valence-corrected chi connectivity index (χ1v) is 8.86. The van der Waals surface area contributed by atoms with E-state index < -0.39 is 0 Å². The number of anilines is 1. The monoisotopic (exact) mass is 359 g/mol. The minimum atomic E-state index is -0.0426. The second-order valence-electron chi connectivity index (χ2n) is 5.96. The van der Waals surface area contributed by atoms with Crippen LogP contribution in [0.25, 0.3) is 0 Å². The van der Waals surface area contributed by atoms with Crippen LogP contribution in [-0.2, 0) is 6.54 Å². The Hall–Kier alpha value is -2.18. The molecule has 1 fully saturated rings. The molecule has 1 N–H and O–H groups in total. The van der Waals surface area contributed by atoms with Gasteiger partial charge in [-0.3, -0.25) is 4.79 Å². The lowest BCUT2D eigenvalue weighted by Crippen LogP contribution is -2.48. The number of hydrogen-bond acceptors (Lipinski definition) is 5. The molecule has 7 heteroatoms. The van der Waals surface area contributed by atoms with Crippen LogP contribution in [0.5, 0.6) is 0 Å². The molecule has 6 nitrogen and oxygen atoms in total. The van der Waals surface area contributed by atoms with Gasteiger partial charge >= 0.3 is 0 Å². The van der Waals surface area contributed by atoms with E-state index in [4.69, 9.17) is 11.6 Å². The Morgan fingerprint density at radius 3 is 2.68 bits per heavy atom. The maximum atomic E-state index is 12.6. The van der Waals surface area contributed by atoms with Crippen molar-refractivity contribution in [3.63, 3.8) is 0 Å². The molecule has 1 aromatic heterocycles. The van der Waals surface area contributed by atoms with E-state index in [9.17, 15) is 4.79 Å². The molecule has 132 valence electrons. The Morgan fingerprint density at radius 2 is 1.96 bits per heavy atom. The van der Waals surface area contributed by atoms with Crippen molar-refractivity contribution in [2.45, 2.75) is 13.5 Å². The molecule has 0 radical (unpaired) electrons. The average Bonchev–Trinajstić information content (AvgIpc) is 2.67. The fourth-order valence-electron chi connectivity index (χ4n) is 2.83. The van der Waals surface area contributed by atoms with Gasteiger partial charge in [0.2, 0.25) is 0 Å². The van der Waals surface area contributed by atoms with Gasteiger partial charge in [0.15, 0.2) is 0 Å². The molecule has 0 atom stereocenters. The number of aromatic nitrogens is 2. The number of halogens is 1. The zero-order valence-electron chi connectivity index (χ0n) is 14.3. The van der Waals surface area contributed by atoms with Gasteiger partial charge in [0.25, 0.3) is 5.91 Å². The van der Waals surface area contributed by atoms with Crippen LogP contribution in [-0.4, -0.2) is 58.4 Å². The number of carbonyl (C=O) groups is 1. The van der Waals surface area contributed by atoms with E-state index >= 15 is 0 Å². The van der Waals surface area contributed by atoms with Crippen molar-refractivity contribution in [2.24, 2.45) is 0 Å². The summed E-state index contributed by atoms with van der Waals surface area (Å²) in [6.07, 6.45) is 1.42. The summed E-state index contributed by atoms with van der Waals surface area (Å²) in [6.45, 7) is 6.98. The number of nitrogens with one attached hydrogen (secondary N) is 1. The van der Waals surface area contributed by atoms with E-state index in [-0.39, 0.29) is 5.91 Å². The fraction of sp³-hybridized carbons (Fsp3) is 0.389. The predicted octanol–water partition coefficient (Wildman–Crippen LogP) is 2.52. The van der Waals surface area contributed by atoms with Crippen molar-refractivity contribution in [2.75, 3.05) is 38.0 Å². The second kappa shape index (κ2) is 8.27.